The van der Waals surface area contributed by atoms with E-state index in [9.17, 15) is 14.4 Å². The van der Waals surface area contributed by atoms with E-state index >= 15 is 0 Å². The molecule has 2 atom stereocenters. The first kappa shape index (κ1) is 50.0. The van der Waals surface area contributed by atoms with Crippen molar-refractivity contribution < 1.29 is 28.6 Å². The summed E-state index contributed by atoms with van der Waals surface area (Å²) in [5.41, 5.74) is 8.10. The van der Waals surface area contributed by atoms with Gasteiger partial charge in [-0.05, 0) is 37.0 Å². The van der Waals surface area contributed by atoms with Crippen LogP contribution in [0.4, 0.5) is 5.69 Å². The van der Waals surface area contributed by atoms with E-state index in [0.29, 0.717) is 31.3 Å². The molecule has 1 aromatic rings. The van der Waals surface area contributed by atoms with Gasteiger partial charge in [-0.15, -0.1) is 23.2 Å². The van der Waals surface area contributed by atoms with Gasteiger partial charge in [-0.3, -0.25) is 14.4 Å². The van der Waals surface area contributed by atoms with Crippen molar-refractivity contribution in [1.82, 2.24) is 0 Å². The molecule has 0 aromatic heterocycles. The number of benzene rings is 1. The first-order valence-electron chi connectivity index (χ1n) is 21.6. The second kappa shape index (κ2) is 35.4. The van der Waals surface area contributed by atoms with Gasteiger partial charge in [-0.2, -0.15) is 0 Å². The highest BCUT2D eigenvalue weighted by molar-refractivity contribution is 6.18. The van der Waals surface area contributed by atoms with Crippen molar-refractivity contribution in [3.63, 3.8) is 0 Å². The molecule has 2 N–H and O–H groups in total. The lowest BCUT2D eigenvalue weighted by atomic mass is 10.1. The fourth-order valence-electron chi connectivity index (χ4n) is 6.52. The third kappa shape index (κ3) is 27.5. The Balaban J connectivity index is 2.53. The summed E-state index contributed by atoms with van der Waals surface area (Å²) in [5.74, 6) is -0.342. The summed E-state index contributed by atoms with van der Waals surface area (Å²) in [6.45, 7) is 5.45. The van der Waals surface area contributed by atoms with E-state index in [1.54, 1.807) is 0 Å². The molecule has 0 aliphatic carbocycles. The number of nitrogens with two attached hydrogens (primary N) is 1. The van der Waals surface area contributed by atoms with Gasteiger partial charge in [0.15, 0.2) is 6.10 Å². The molecule has 312 valence electrons. The predicted octanol–water partition coefficient (Wildman–Crippen LogP) is 11.2. The number of hydrogen-bond acceptors (Lipinski definition) is 8. The van der Waals surface area contributed by atoms with Crippen LogP contribution in [0, 0.1) is 0 Å². The normalized spacial score (nSPS) is 12.3. The Morgan fingerprint density at radius 3 is 1.44 bits per heavy atom. The molecule has 0 saturated heterocycles. The van der Waals surface area contributed by atoms with Crippen LogP contribution in [0.5, 0.6) is 0 Å². The van der Waals surface area contributed by atoms with Gasteiger partial charge in [0, 0.05) is 43.4 Å². The zero-order valence-electron chi connectivity index (χ0n) is 34.1. The first-order valence-corrected chi connectivity index (χ1v) is 22.6. The second-order valence-electron chi connectivity index (χ2n) is 14.8. The number of carbonyl (C=O) groups excluding carboxylic acids is 3. The molecule has 0 fully saturated rings. The number of anilines is 1. The van der Waals surface area contributed by atoms with Crippen LogP contribution in [0.15, 0.2) is 24.3 Å². The lowest BCUT2D eigenvalue weighted by Gasteiger charge is -2.23. The van der Waals surface area contributed by atoms with Crippen LogP contribution in [-0.2, 0) is 35.0 Å². The topological polar surface area (TPSA) is 108 Å². The number of carbonyl (C=O) groups is 3. The Morgan fingerprint density at radius 1 is 0.593 bits per heavy atom. The van der Waals surface area contributed by atoms with Crippen LogP contribution in [0.25, 0.3) is 0 Å². The average molecular weight is 800 g/mol. The molecule has 0 heterocycles. The van der Waals surface area contributed by atoms with E-state index in [1.807, 2.05) is 24.3 Å². The summed E-state index contributed by atoms with van der Waals surface area (Å²) < 4.78 is 16.7. The quantitative estimate of drug-likeness (QED) is 0.0307. The van der Waals surface area contributed by atoms with Gasteiger partial charge in [0.05, 0.1) is 0 Å². The lowest BCUT2D eigenvalue weighted by Crippen LogP contribution is -2.38. The monoisotopic (exact) mass is 799 g/mol. The fraction of sp³-hybridized carbons (Fsp3) is 0.795. The molecule has 54 heavy (non-hydrogen) atoms. The smallest absolute Gasteiger partial charge is 0.323 e. The van der Waals surface area contributed by atoms with Crippen molar-refractivity contribution in [1.29, 1.82) is 0 Å². The number of alkyl halides is 2. The van der Waals surface area contributed by atoms with Crippen molar-refractivity contribution in [2.45, 2.75) is 187 Å². The van der Waals surface area contributed by atoms with Gasteiger partial charge >= 0.3 is 17.9 Å². The van der Waals surface area contributed by atoms with Gasteiger partial charge in [0.1, 0.15) is 19.3 Å². The minimum absolute atomic E-state index is 0.161. The van der Waals surface area contributed by atoms with Crippen LogP contribution in [0.3, 0.4) is 0 Å². The van der Waals surface area contributed by atoms with Crippen molar-refractivity contribution in [3.8, 4) is 0 Å². The minimum atomic E-state index is -0.908. The Labute approximate surface area is 339 Å². The van der Waals surface area contributed by atoms with Gasteiger partial charge < -0.3 is 24.8 Å². The highest BCUT2D eigenvalue weighted by atomic mass is 35.5. The summed E-state index contributed by atoms with van der Waals surface area (Å²) >= 11 is 11.9. The first-order chi connectivity index (χ1) is 26.3. The standard InChI is InChI=1S/C44H76Cl2N2O6/c1-3-5-7-9-11-13-15-17-19-21-23-25-42(49)52-36-40(54-43(50)26-24-22-20-18-16-14-12-10-8-6-4-2)37-53-44(51)41(47)35-38-27-29-39(30-28-38)48(33-31-45)34-32-46/h27-30,40-41H,3-26,31-37,47H2,1-2H3/t40?,41-/m0/s1. The SMILES string of the molecule is CCCCCCCCCCCCCC(=O)OCC(COC(=O)[C@@H](N)Cc1ccc(N(CCCl)CCCl)cc1)OC(=O)CCCCCCCCCCCCC. The molecule has 0 amide bonds. The van der Waals surface area contributed by atoms with Crippen molar-refractivity contribution in [3.05, 3.63) is 29.8 Å². The second-order valence-corrected chi connectivity index (χ2v) is 15.6. The van der Waals surface area contributed by atoms with E-state index in [4.69, 9.17) is 43.1 Å². The average Bonchev–Trinajstić information content (AvgIpc) is 3.17. The lowest BCUT2D eigenvalue weighted by molar-refractivity contribution is -0.167. The van der Waals surface area contributed by atoms with E-state index in [2.05, 4.69) is 18.7 Å². The Bertz CT molecular complexity index is 1050. The fourth-order valence-corrected chi connectivity index (χ4v) is 6.93. The molecule has 8 nitrogen and oxygen atoms in total. The third-order valence-corrected chi connectivity index (χ3v) is 10.2. The molecule has 1 unspecified atom stereocenters. The van der Waals surface area contributed by atoms with Crippen molar-refractivity contribution in [2.75, 3.05) is 43.0 Å². The minimum Gasteiger partial charge on any atom is -0.462 e. The van der Waals surface area contributed by atoms with E-state index in [1.165, 1.54) is 103 Å². The highest BCUT2D eigenvalue weighted by Crippen LogP contribution is 2.18. The summed E-state index contributed by atoms with van der Waals surface area (Å²) in [7, 11) is 0. The number of rotatable bonds is 37. The molecule has 1 rings (SSSR count). The van der Waals surface area contributed by atoms with E-state index in [0.717, 1.165) is 49.8 Å². The number of nitrogens with zero attached hydrogens (tertiary/aromatic N) is 1. The molecule has 0 bridgehead atoms. The maximum atomic E-state index is 12.9. The zero-order chi connectivity index (χ0) is 39.5. The molecule has 0 radical (unpaired) electrons. The van der Waals surface area contributed by atoms with Crippen LogP contribution in [-0.4, -0.2) is 68.1 Å². The number of hydrogen-bond donors (Lipinski definition) is 1. The molecule has 0 aliphatic heterocycles. The van der Waals surface area contributed by atoms with Crippen molar-refractivity contribution in [2.24, 2.45) is 5.73 Å². The van der Waals surface area contributed by atoms with Crippen LogP contribution < -0.4 is 10.6 Å². The number of esters is 3. The Kier molecular flexibility index (Phi) is 32.8. The van der Waals surface area contributed by atoms with Crippen LogP contribution >= 0.6 is 23.2 Å². The summed E-state index contributed by atoms with van der Waals surface area (Å²) in [6.07, 6.45) is 26.3. The predicted molar refractivity (Wildman–Crippen MR) is 226 cm³/mol. The summed E-state index contributed by atoms with van der Waals surface area (Å²) in [4.78, 5) is 40.3. The zero-order valence-corrected chi connectivity index (χ0v) is 35.6. The van der Waals surface area contributed by atoms with Gasteiger partial charge in [0.25, 0.3) is 0 Å². The molecule has 1 aromatic carbocycles. The van der Waals surface area contributed by atoms with Gasteiger partial charge in [-0.25, -0.2) is 0 Å². The van der Waals surface area contributed by atoms with Gasteiger partial charge in [0.2, 0.25) is 0 Å². The molecular weight excluding hydrogens is 723 g/mol. The van der Waals surface area contributed by atoms with E-state index in [-0.39, 0.29) is 38.0 Å². The van der Waals surface area contributed by atoms with Gasteiger partial charge in [-0.1, -0.05) is 154 Å². The van der Waals surface area contributed by atoms with Crippen LogP contribution in [0.2, 0.25) is 0 Å². The molecule has 0 saturated carbocycles. The molecule has 10 heteroatoms. The van der Waals surface area contributed by atoms with Crippen molar-refractivity contribution >= 4 is 46.8 Å². The number of halogens is 2. The van der Waals surface area contributed by atoms with Crippen LogP contribution in [0.1, 0.15) is 174 Å². The Morgan fingerprint density at radius 2 is 1.00 bits per heavy atom. The maximum absolute atomic E-state index is 12.9. The number of ether oxygens (including phenoxy) is 3. The Hall–Kier alpha value is -2.03. The third-order valence-electron chi connectivity index (χ3n) is 9.88. The molecular formula is C44H76Cl2N2O6. The summed E-state index contributed by atoms with van der Waals surface area (Å²) in [5, 5.41) is 0. The number of unbranched alkanes of at least 4 members (excludes halogenated alkanes) is 20. The molecule has 0 spiro atoms. The maximum Gasteiger partial charge on any atom is 0.323 e. The highest BCUT2D eigenvalue weighted by Gasteiger charge is 2.22. The summed E-state index contributed by atoms with van der Waals surface area (Å²) in [6, 6.07) is 6.86. The largest absolute Gasteiger partial charge is 0.462 e. The van der Waals surface area contributed by atoms with E-state index < -0.39 is 18.1 Å². The molecule has 0 aliphatic rings.